The van der Waals surface area contributed by atoms with Gasteiger partial charge in [0.25, 0.3) is 5.69 Å². The van der Waals surface area contributed by atoms with E-state index in [2.05, 4.69) is 11.4 Å². The molecule has 0 saturated carbocycles. The van der Waals surface area contributed by atoms with Gasteiger partial charge >= 0.3 is 0 Å². The molecule has 1 aromatic carbocycles. The predicted molar refractivity (Wildman–Crippen MR) is 72.5 cm³/mol. The summed E-state index contributed by atoms with van der Waals surface area (Å²) in [5.41, 5.74) is 8.47. The second-order valence-corrected chi connectivity index (χ2v) is 4.46. The molecule has 0 heterocycles. The van der Waals surface area contributed by atoms with Crippen LogP contribution in [0.15, 0.2) is 29.8 Å². The maximum atomic E-state index is 10.6. The molecule has 0 aromatic heterocycles. The van der Waals surface area contributed by atoms with E-state index in [-0.39, 0.29) is 5.69 Å². The first-order chi connectivity index (χ1) is 8.66. The molecular formula is C13H17N3O2. The van der Waals surface area contributed by atoms with E-state index in [1.807, 2.05) is 0 Å². The van der Waals surface area contributed by atoms with Crippen LogP contribution in [0.3, 0.4) is 0 Å². The van der Waals surface area contributed by atoms with Crippen molar-refractivity contribution in [1.29, 1.82) is 0 Å². The maximum absolute atomic E-state index is 10.6. The molecule has 96 valence electrons. The van der Waals surface area contributed by atoms with Crippen LogP contribution >= 0.6 is 0 Å². The van der Waals surface area contributed by atoms with Crippen LogP contribution in [0.25, 0.3) is 0 Å². The lowest BCUT2D eigenvalue weighted by Crippen LogP contribution is -2.05. The Balaban J connectivity index is 1.91. The Labute approximate surface area is 106 Å². The van der Waals surface area contributed by atoms with Gasteiger partial charge < -0.3 is 11.1 Å². The Morgan fingerprint density at radius 1 is 1.44 bits per heavy atom. The summed E-state index contributed by atoms with van der Waals surface area (Å²) in [5.74, 6) is 0. The summed E-state index contributed by atoms with van der Waals surface area (Å²) < 4.78 is 0. The Morgan fingerprint density at radius 2 is 2.28 bits per heavy atom. The minimum Gasteiger partial charge on any atom is -0.397 e. The first-order valence-electron chi connectivity index (χ1n) is 6.12. The zero-order valence-corrected chi connectivity index (χ0v) is 10.2. The standard InChI is InChI=1S/C13H17N3O2/c14-12-9-11(16(17)18)5-6-13(12)15-8-7-10-3-1-2-4-10/h3,5-6,9,15H,1-2,4,7-8,14H2. The van der Waals surface area contributed by atoms with Crippen molar-refractivity contribution in [2.24, 2.45) is 0 Å². The number of nitrogen functional groups attached to an aromatic ring is 1. The fourth-order valence-electron chi connectivity index (χ4n) is 2.15. The molecule has 0 radical (unpaired) electrons. The van der Waals surface area contributed by atoms with E-state index >= 15 is 0 Å². The fraction of sp³-hybridized carbons (Fsp3) is 0.385. The number of nitrogens with two attached hydrogens (primary N) is 1. The molecule has 0 unspecified atom stereocenters. The Bertz CT molecular complexity index is 483. The largest absolute Gasteiger partial charge is 0.397 e. The van der Waals surface area contributed by atoms with Crippen LogP contribution < -0.4 is 11.1 Å². The minimum atomic E-state index is -0.441. The zero-order valence-electron chi connectivity index (χ0n) is 10.2. The van der Waals surface area contributed by atoms with Gasteiger partial charge in [0.15, 0.2) is 0 Å². The summed E-state index contributed by atoms with van der Waals surface area (Å²) >= 11 is 0. The van der Waals surface area contributed by atoms with Crippen LogP contribution in [-0.4, -0.2) is 11.5 Å². The molecule has 5 heteroatoms. The Hall–Kier alpha value is -2.04. The molecule has 18 heavy (non-hydrogen) atoms. The van der Waals surface area contributed by atoms with E-state index in [0.29, 0.717) is 5.69 Å². The second kappa shape index (κ2) is 5.53. The van der Waals surface area contributed by atoms with E-state index in [0.717, 1.165) is 18.7 Å². The van der Waals surface area contributed by atoms with Crippen LogP contribution in [0.2, 0.25) is 0 Å². The number of anilines is 2. The summed E-state index contributed by atoms with van der Waals surface area (Å²) in [7, 11) is 0. The van der Waals surface area contributed by atoms with Gasteiger partial charge in [-0.1, -0.05) is 11.6 Å². The van der Waals surface area contributed by atoms with Gasteiger partial charge in [-0.3, -0.25) is 10.1 Å². The van der Waals surface area contributed by atoms with Crippen molar-refractivity contribution >= 4 is 17.1 Å². The Kier molecular flexibility index (Phi) is 3.82. The van der Waals surface area contributed by atoms with Crippen LogP contribution in [0.5, 0.6) is 0 Å². The highest BCUT2D eigenvalue weighted by Gasteiger charge is 2.09. The summed E-state index contributed by atoms with van der Waals surface area (Å²) in [6, 6.07) is 4.52. The third kappa shape index (κ3) is 3.00. The molecule has 2 rings (SSSR count). The van der Waals surface area contributed by atoms with Gasteiger partial charge in [-0.05, 0) is 31.7 Å². The molecule has 1 aliphatic carbocycles. The minimum absolute atomic E-state index is 0.0246. The number of hydrogen-bond donors (Lipinski definition) is 2. The first kappa shape index (κ1) is 12.4. The summed E-state index contributed by atoms with van der Waals surface area (Å²) in [6.45, 7) is 0.813. The number of benzene rings is 1. The average Bonchev–Trinajstić information content (AvgIpc) is 2.84. The number of nitro groups is 1. The van der Waals surface area contributed by atoms with Crippen molar-refractivity contribution in [3.63, 3.8) is 0 Å². The van der Waals surface area contributed by atoms with Gasteiger partial charge in [0.05, 0.1) is 16.3 Å². The van der Waals surface area contributed by atoms with Crippen molar-refractivity contribution in [2.75, 3.05) is 17.6 Å². The second-order valence-electron chi connectivity index (χ2n) is 4.46. The number of nitrogens with one attached hydrogen (secondary N) is 1. The number of allylic oxidation sites excluding steroid dienone is 1. The van der Waals surface area contributed by atoms with Crippen LogP contribution in [0, 0.1) is 10.1 Å². The average molecular weight is 247 g/mol. The van der Waals surface area contributed by atoms with Crippen LogP contribution in [-0.2, 0) is 0 Å². The molecule has 0 aliphatic heterocycles. The Morgan fingerprint density at radius 3 is 2.89 bits per heavy atom. The third-order valence-electron chi connectivity index (χ3n) is 3.14. The highest BCUT2D eigenvalue weighted by molar-refractivity contribution is 5.69. The molecule has 0 fully saturated rings. The number of nitrogens with zero attached hydrogens (tertiary/aromatic N) is 1. The summed E-state index contributed by atoms with van der Waals surface area (Å²) in [5, 5.41) is 13.8. The normalized spacial score (nSPS) is 14.3. The summed E-state index contributed by atoms with van der Waals surface area (Å²) in [6.07, 6.45) is 6.94. The van der Waals surface area contributed by atoms with Crippen molar-refractivity contribution in [2.45, 2.75) is 25.7 Å². The van der Waals surface area contributed by atoms with Gasteiger partial charge in [-0.2, -0.15) is 0 Å². The molecular weight excluding hydrogens is 230 g/mol. The molecule has 5 nitrogen and oxygen atoms in total. The van der Waals surface area contributed by atoms with Crippen LogP contribution in [0.4, 0.5) is 17.1 Å². The first-order valence-corrected chi connectivity index (χ1v) is 6.12. The van der Waals surface area contributed by atoms with Gasteiger partial charge in [0, 0.05) is 18.7 Å². The number of nitro benzene ring substituents is 1. The topological polar surface area (TPSA) is 81.2 Å². The fourth-order valence-corrected chi connectivity index (χ4v) is 2.15. The molecule has 1 aromatic rings. The van der Waals surface area contributed by atoms with E-state index in [4.69, 9.17) is 5.73 Å². The van der Waals surface area contributed by atoms with Gasteiger partial charge in [0.2, 0.25) is 0 Å². The molecule has 3 N–H and O–H groups in total. The molecule has 0 atom stereocenters. The van der Waals surface area contributed by atoms with E-state index < -0.39 is 4.92 Å². The van der Waals surface area contributed by atoms with E-state index in [1.165, 1.54) is 37.0 Å². The van der Waals surface area contributed by atoms with Gasteiger partial charge in [-0.15, -0.1) is 0 Å². The number of hydrogen-bond acceptors (Lipinski definition) is 4. The molecule has 0 bridgehead atoms. The lowest BCUT2D eigenvalue weighted by Gasteiger charge is -2.09. The van der Waals surface area contributed by atoms with Gasteiger partial charge in [0.1, 0.15) is 0 Å². The van der Waals surface area contributed by atoms with Crippen molar-refractivity contribution in [3.8, 4) is 0 Å². The third-order valence-corrected chi connectivity index (χ3v) is 3.14. The number of rotatable bonds is 5. The van der Waals surface area contributed by atoms with E-state index in [9.17, 15) is 10.1 Å². The van der Waals surface area contributed by atoms with Crippen molar-refractivity contribution in [1.82, 2.24) is 0 Å². The molecule has 0 amide bonds. The quantitative estimate of drug-likeness (QED) is 0.362. The maximum Gasteiger partial charge on any atom is 0.271 e. The lowest BCUT2D eigenvalue weighted by atomic mass is 10.1. The summed E-state index contributed by atoms with van der Waals surface area (Å²) in [4.78, 5) is 10.1. The van der Waals surface area contributed by atoms with Gasteiger partial charge in [-0.25, -0.2) is 0 Å². The highest BCUT2D eigenvalue weighted by Crippen LogP contribution is 2.25. The zero-order chi connectivity index (χ0) is 13.0. The predicted octanol–water partition coefficient (Wildman–Crippen LogP) is 3.09. The van der Waals surface area contributed by atoms with Crippen molar-refractivity contribution in [3.05, 3.63) is 40.0 Å². The number of non-ortho nitro benzene ring substituents is 1. The molecule has 0 spiro atoms. The van der Waals surface area contributed by atoms with Crippen LogP contribution in [0.1, 0.15) is 25.7 Å². The molecule has 1 aliphatic rings. The van der Waals surface area contributed by atoms with Crippen molar-refractivity contribution < 1.29 is 4.92 Å². The van der Waals surface area contributed by atoms with E-state index in [1.54, 1.807) is 6.07 Å². The lowest BCUT2D eigenvalue weighted by molar-refractivity contribution is -0.384. The monoisotopic (exact) mass is 247 g/mol. The smallest absolute Gasteiger partial charge is 0.271 e. The molecule has 0 saturated heterocycles. The SMILES string of the molecule is Nc1cc([N+](=O)[O-])ccc1NCCC1=CCCC1. The highest BCUT2D eigenvalue weighted by atomic mass is 16.6.